The van der Waals surface area contributed by atoms with E-state index >= 15 is 0 Å². The Labute approximate surface area is 237 Å². The predicted molar refractivity (Wildman–Crippen MR) is 161 cm³/mol. The SMILES string of the molecule is CN(C)CCC(C(=O)O)c1cccc(-c2cc3cc(-c4ccc(-c5ccccc5)c(O)c4)c(Cl)cc3[nH]c2=O)c1. The van der Waals surface area contributed by atoms with Crippen molar-refractivity contribution in [1.29, 1.82) is 0 Å². The molecule has 1 aromatic heterocycles. The number of halogens is 1. The molecule has 5 rings (SSSR count). The third kappa shape index (κ3) is 5.64. The second kappa shape index (κ2) is 11.4. The molecular weight excluding hydrogens is 524 g/mol. The van der Waals surface area contributed by atoms with Crippen LogP contribution in [0.5, 0.6) is 5.75 Å². The number of nitrogens with zero attached hydrogens (tertiary/aromatic N) is 1. The predicted octanol–water partition coefficient (Wildman–Crippen LogP) is 7.01. The largest absolute Gasteiger partial charge is 0.507 e. The molecule has 0 aliphatic rings. The van der Waals surface area contributed by atoms with Gasteiger partial charge in [0.15, 0.2) is 0 Å². The summed E-state index contributed by atoms with van der Waals surface area (Å²) in [5, 5.41) is 21.8. The van der Waals surface area contributed by atoms with Gasteiger partial charge in [-0.15, -0.1) is 0 Å². The van der Waals surface area contributed by atoms with Gasteiger partial charge in [-0.3, -0.25) is 9.59 Å². The lowest BCUT2D eigenvalue weighted by Crippen LogP contribution is -2.20. The Morgan fingerprint density at radius 2 is 1.55 bits per heavy atom. The van der Waals surface area contributed by atoms with Crippen LogP contribution in [0.1, 0.15) is 17.9 Å². The Bertz CT molecular complexity index is 1760. The van der Waals surface area contributed by atoms with Gasteiger partial charge in [0.05, 0.1) is 10.9 Å². The fourth-order valence-corrected chi connectivity index (χ4v) is 5.24. The van der Waals surface area contributed by atoms with Crippen LogP contribution in [0.15, 0.2) is 95.8 Å². The van der Waals surface area contributed by atoms with Crippen LogP contribution < -0.4 is 5.56 Å². The lowest BCUT2D eigenvalue weighted by atomic mass is 9.92. The fourth-order valence-electron chi connectivity index (χ4n) is 4.97. The van der Waals surface area contributed by atoms with Crippen LogP contribution in [-0.2, 0) is 4.79 Å². The molecule has 4 aromatic carbocycles. The third-order valence-electron chi connectivity index (χ3n) is 7.09. The Hall–Kier alpha value is -4.39. The molecule has 0 fully saturated rings. The molecule has 1 heterocycles. The molecule has 0 aliphatic heterocycles. The van der Waals surface area contributed by atoms with E-state index in [0.717, 1.165) is 22.1 Å². The second-order valence-electron chi connectivity index (χ2n) is 10.1. The number of carboxylic acids is 1. The van der Waals surface area contributed by atoms with Crippen LogP contribution in [0.3, 0.4) is 0 Å². The van der Waals surface area contributed by atoms with Crippen LogP contribution in [0.4, 0.5) is 0 Å². The number of aliphatic carboxylic acids is 1. The topological polar surface area (TPSA) is 93.6 Å². The van der Waals surface area contributed by atoms with E-state index in [1.807, 2.05) is 73.6 Å². The molecule has 0 saturated carbocycles. The molecule has 40 heavy (non-hydrogen) atoms. The fraction of sp³-hybridized carbons (Fsp3) is 0.152. The molecule has 202 valence electrons. The average Bonchev–Trinajstić information content (AvgIpc) is 2.93. The number of pyridine rings is 1. The highest BCUT2D eigenvalue weighted by Gasteiger charge is 2.21. The molecule has 0 spiro atoms. The lowest BCUT2D eigenvalue weighted by Gasteiger charge is -2.17. The maximum Gasteiger partial charge on any atom is 0.311 e. The number of carbonyl (C=O) groups is 1. The van der Waals surface area contributed by atoms with E-state index in [0.29, 0.717) is 45.8 Å². The summed E-state index contributed by atoms with van der Waals surface area (Å²) < 4.78 is 0. The number of aromatic hydroxyl groups is 1. The summed E-state index contributed by atoms with van der Waals surface area (Å²) in [5.41, 5.74) is 5.09. The number of phenols is 1. The van der Waals surface area contributed by atoms with Crippen molar-refractivity contribution in [2.75, 3.05) is 20.6 Å². The zero-order valence-electron chi connectivity index (χ0n) is 22.2. The van der Waals surface area contributed by atoms with Gasteiger partial charge in [0.1, 0.15) is 5.75 Å². The summed E-state index contributed by atoms with van der Waals surface area (Å²) in [6, 6.07) is 27.6. The van der Waals surface area contributed by atoms with Gasteiger partial charge in [-0.25, -0.2) is 0 Å². The van der Waals surface area contributed by atoms with Crippen LogP contribution in [0.2, 0.25) is 5.02 Å². The smallest absolute Gasteiger partial charge is 0.311 e. The lowest BCUT2D eigenvalue weighted by molar-refractivity contribution is -0.139. The molecule has 5 aromatic rings. The Morgan fingerprint density at radius 1 is 0.850 bits per heavy atom. The van der Waals surface area contributed by atoms with Crippen LogP contribution in [0, 0.1) is 0 Å². The van der Waals surface area contributed by atoms with Crippen molar-refractivity contribution in [1.82, 2.24) is 9.88 Å². The van der Waals surface area contributed by atoms with Crippen molar-refractivity contribution in [3.63, 3.8) is 0 Å². The van der Waals surface area contributed by atoms with E-state index in [2.05, 4.69) is 4.98 Å². The van der Waals surface area contributed by atoms with Gasteiger partial charge in [0, 0.05) is 22.2 Å². The van der Waals surface area contributed by atoms with E-state index < -0.39 is 11.9 Å². The highest BCUT2D eigenvalue weighted by molar-refractivity contribution is 6.34. The molecular formula is C33H29ClN2O4. The number of fused-ring (bicyclic) bond motifs is 1. The maximum atomic E-state index is 13.1. The first-order valence-electron chi connectivity index (χ1n) is 12.9. The highest BCUT2D eigenvalue weighted by Crippen LogP contribution is 2.37. The summed E-state index contributed by atoms with van der Waals surface area (Å²) in [4.78, 5) is 30.0. The van der Waals surface area contributed by atoms with Crippen LogP contribution in [0.25, 0.3) is 44.3 Å². The van der Waals surface area contributed by atoms with Crippen LogP contribution in [-0.4, -0.2) is 46.7 Å². The number of hydrogen-bond acceptors (Lipinski definition) is 4. The first-order valence-corrected chi connectivity index (χ1v) is 13.3. The zero-order chi connectivity index (χ0) is 28.4. The Kier molecular flexibility index (Phi) is 7.74. The molecule has 3 N–H and O–H groups in total. The monoisotopic (exact) mass is 552 g/mol. The third-order valence-corrected chi connectivity index (χ3v) is 7.40. The van der Waals surface area contributed by atoms with E-state index in [1.165, 1.54) is 0 Å². The van der Waals surface area contributed by atoms with Crippen molar-refractivity contribution in [3.05, 3.63) is 112 Å². The van der Waals surface area contributed by atoms with Gasteiger partial charge < -0.3 is 20.1 Å². The van der Waals surface area contributed by atoms with E-state index in [4.69, 9.17) is 11.6 Å². The minimum atomic E-state index is -0.896. The summed E-state index contributed by atoms with van der Waals surface area (Å²) in [7, 11) is 3.81. The van der Waals surface area contributed by atoms with Crippen molar-refractivity contribution in [3.8, 4) is 39.1 Å². The van der Waals surface area contributed by atoms with Gasteiger partial charge >= 0.3 is 5.97 Å². The standard InChI is InChI=1S/C33H29ClN2O4/c1-36(2)14-13-26(33(39)40)21-9-6-10-22(15-21)28-17-24-16-27(29(34)19-30(24)35-32(28)38)23-11-12-25(31(37)18-23)20-7-4-3-5-8-20/h3-12,15-19,26,37H,13-14H2,1-2H3,(H,35,38)(H,39,40). The number of nitrogens with one attached hydrogen (secondary N) is 1. The van der Waals surface area contributed by atoms with Crippen molar-refractivity contribution < 1.29 is 15.0 Å². The molecule has 0 radical (unpaired) electrons. The number of aromatic nitrogens is 1. The first-order chi connectivity index (χ1) is 19.2. The van der Waals surface area contributed by atoms with E-state index in [9.17, 15) is 19.8 Å². The molecule has 0 aliphatic carbocycles. The summed E-state index contributed by atoms with van der Waals surface area (Å²) >= 11 is 6.63. The van der Waals surface area contributed by atoms with Crippen molar-refractivity contribution in [2.45, 2.75) is 12.3 Å². The first kappa shape index (κ1) is 27.2. The molecule has 1 atom stereocenters. The number of H-pyrrole nitrogens is 1. The highest BCUT2D eigenvalue weighted by atomic mass is 35.5. The zero-order valence-corrected chi connectivity index (χ0v) is 22.9. The minimum absolute atomic E-state index is 0.140. The second-order valence-corrected chi connectivity index (χ2v) is 10.5. The van der Waals surface area contributed by atoms with Gasteiger partial charge in [-0.05, 0) is 79.0 Å². The summed E-state index contributed by atoms with van der Waals surface area (Å²) in [6.45, 7) is 0.628. The molecule has 1 unspecified atom stereocenters. The molecule has 6 nitrogen and oxygen atoms in total. The van der Waals surface area contributed by atoms with Crippen LogP contribution >= 0.6 is 11.6 Å². The average molecular weight is 553 g/mol. The molecule has 0 saturated heterocycles. The Balaban J connectivity index is 1.55. The van der Waals surface area contributed by atoms with Crippen molar-refractivity contribution >= 4 is 28.5 Å². The molecule has 0 bridgehead atoms. The minimum Gasteiger partial charge on any atom is -0.507 e. The number of phenolic OH excluding ortho intramolecular Hbond substituents is 1. The van der Waals surface area contributed by atoms with E-state index in [1.54, 1.807) is 36.4 Å². The van der Waals surface area contributed by atoms with Gasteiger partial charge in [0.25, 0.3) is 5.56 Å². The van der Waals surface area contributed by atoms with Crippen molar-refractivity contribution in [2.24, 2.45) is 0 Å². The normalized spacial score (nSPS) is 12.1. The van der Waals surface area contributed by atoms with Gasteiger partial charge in [0.2, 0.25) is 0 Å². The maximum absolute atomic E-state index is 13.1. The number of carboxylic acid groups (broad SMARTS) is 1. The number of hydrogen-bond donors (Lipinski definition) is 3. The number of aromatic amines is 1. The number of rotatable bonds is 8. The quantitative estimate of drug-likeness (QED) is 0.192. The van der Waals surface area contributed by atoms with Gasteiger partial charge in [-0.1, -0.05) is 78.3 Å². The number of benzene rings is 4. The molecule has 0 amide bonds. The summed E-state index contributed by atoms with van der Waals surface area (Å²) in [5.74, 6) is -1.44. The Morgan fingerprint density at radius 3 is 2.25 bits per heavy atom. The molecule has 7 heteroatoms. The van der Waals surface area contributed by atoms with E-state index in [-0.39, 0.29) is 11.3 Å². The van der Waals surface area contributed by atoms with Gasteiger partial charge in [-0.2, -0.15) is 0 Å². The summed E-state index contributed by atoms with van der Waals surface area (Å²) in [6.07, 6.45) is 0.456.